The molecule has 0 unspecified atom stereocenters. The van der Waals surface area contributed by atoms with Gasteiger partial charge in [0.1, 0.15) is 11.2 Å². The van der Waals surface area contributed by atoms with Crippen LogP contribution < -0.4 is 31.1 Å². The van der Waals surface area contributed by atoms with E-state index in [2.05, 4.69) is 242 Å². The van der Waals surface area contributed by atoms with Crippen molar-refractivity contribution in [1.82, 2.24) is 0 Å². The van der Waals surface area contributed by atoms with Gasteiger partial charge in [0.05, 0.1) is 11.1 Å². The van der Waals surface area contributed by atoms with E-state index in [0.717, 1.165) is 64.0 Å². The molecule has 13 rings (SSSR count). The lowest BCUT2D eigenvalue weighted by Gasteiger charge is -2.48. The van der Waals surface area contributed by atoms with Crippen molar-refractivity contribution in [3.63, 3.8) is 0 Å². The van der Waals surface area contributed by atoms with Gasteiger partial charge in [-0.25, -0.2) is 0 Å². The highest BCUT2D eigenvalue weighted by Crippen LogP contribution is 2.55. The van der Waals surface area contributed by atoms with Crippen LogP contribution in [0.4, 0.5) is 51.2 Å². The van der Waals surface area contributed by atoms with E-state index in [9.17, 15) is 0 Å². The zero-order chi connectivity index (χ0) is 48.2. The van der Waals surface area contributed by atoms with Crippen LogP contribution in [-0.2, 0) is 21.7 Å². The highest BCUT2D eigenvalue weighted by atomic mass is 16.3. The average molecular weight is 912 g/mol. The molecule has 0 N–H and O–H groups in total. The molecule has 5 heteroatoms. The van der Waals surface area contributed by atoms with Crippen molar-refractivity contribution in [3.05, 3.63) is 191 Å². The molecule has 0 amide bonds. The van der Waals surface area contributed by atoms with Crippen LogP contribution >= 0.6 is 0 Å². The Morgan fingerprint density at radius 1 is 0.443 bits per heavy atom. The maximum atomic E-state index is 6.69. The SMILES string of the molecule is Cc1cc2c3c(c1)N(c1cccc4oc5ccccc5c14)c1cc(N(c4ccccc4)c4ccccc4)ccc1B3c1cc3c(cc1N2c1cc2c(cc1C)C(C)(C)CC2(C)C)C(C)(C)CCC3(C)C. The molecule has 0 fully saturated rings. The Bertz CT molecular complexity index is 3600. The lowest BCUT2D eigenvalue weighted by Crippen LogP contribution is -2.62. The van der Waals surface area contributed by atoms with E-state index in [-0.39, 0.29) is 28.4 Å². The number of hydrogen-bond donors (Lipinski definition) is 0. The Morgan fingerprint density at radius 2 is 0.986 bits per heavy atom. The van der Waals surface area contributed by atoms with Gasteiger partial charge in [-0.15, -0.1) is 0 Å². The summed E-state index contributed by atoms with van der Waals surface area (Å²) in [4.78, 5) is 7.69. The van der Waals surface area contributed by atoms with E-state index < -0.39 is 0 Å². The Hall–Kier alpha value is -6.98. The standard InChI is InChI=1S/C65H62BN3O/c1-40-32-56-61-57(33-40)69(53-37-49-46(34-41(53)2)64(7,8)39-65(49,9)10)55-38-48-47(62(3,4)30-31-63(48,5)6)36-51(55)66(61)50-29-28-44(67(42-20-13-11-14-21-42)43-22-15-12-16-23-43)35-54(50)68(56)52-25-19-27-59-60(52)45-24-17-18-26-58(45)70-59/h11-29,32-38H,30-31,39H2,1-10H3. The third kappa shape index (κ3) is 6.22. The zero-order valence-electron chi connectivity index (χ0n) is 42.5. The van der Waals surface area contributed by atoms with Crippen molar-refractivity contribution in [2.24, 2.45) is 0 Å². The summed E-state index contributed by atoms with van der Waals surface area (Å²) in [6.07, 6.45) is 3.44. The predicted octanol–water partition coefficient (Wildman–Crippen LogP) is 16.1. The lowest BCUT2D eigenvalue weighted by molar-refractivity contribution is 0.332. The predicted molar refractivity (Wildman–Crippen MR) is 298 cm³/mol. The smallest absolute Gasteiger partial charge is 0.252 e. The largest absolute Gasteiger partial charge is 0.456 e. The summed E-state index contributed by atoms with van der Waals surface area (Å²) in [5, 5.41) is 2.24. The number of fused-ring (bicyclic) bond motifs is 9. The molecule has 4 aliphatic rings. The highest BCUT2D eigenvalue weighted by Gasteiger charge is 2.48. The summed E-state index contributed by atoms with van der Waals surface area (Å²) in [5.74, 6) is 0. The van der Waals surface area contributed by atoms with Crippen LogP contribution in [-0.4, -0.2) is 6.71 Å². The number of benzene rings is 8. The molecule has 0 spiro atoms. The first-order chi connectivity index (χ1) is 33.5. The van der Waals surface area contributed by atoms with Crippen LogP contribution in [0, 0.1) is 13.8 Å². The molecule has 1 aromatic heterocycles. The van der Waals surface area contributed by atoms with E-state index in [4.69, 9.17) is 4.42 Å². The van der Waals surface area contributed by atoms with Crippen LogP contribution in [0.3, 0.4) is 0 Å². The van der Waals surface area contributed by atoms with Crippen molar-refractivity contribution in [2.75, 3.05) is 14.7 Å². The second kappa shape index (κ2) is 14.8. The maximum Gasteiger partial charge on any atom is 0.252 e. The summed E-state index contributed by atoms with van der Waals surface area (Å²) in [5.41, 5.74) is 25.2. The molecule has 8 aromatic carbocycles. The van der Waals surface area contributed by atoms with E-state index in [1.165, 1.54) is 78.2 Å². The summed E-state index contributed by atoms with van der Waals surface area (Å²) < 4.78 is 6.69. The van der Waals surface area contributed by atoms with Crippen LogP contribution in [0.15, 0.2) is 162 Å². The molecule has 70 heavy (non-hydrogen) atoms. The van der Waals surface area contributed by atoms with Crippen LogP contribution in [0.25, 0.3) is 21.9 Å². The van der Waals surface area contributed by atoms with Gasteiger partial charge in [0.25, 0.3) is 6.71 Å². The first kappa shape index (κ1) is 43.1. The van der Waals surface area contributed by atoms with E-state index in [1.54, 1.807) is 0 Å². The van der Waals surface area contributed by atoms with E-state index >= 15 is 0 Å². The fourth-order valence-corrected chi connectivity index (χ4v) is 13.7. The number of anilines is 9. The number of nitrogens with zero attached hydrogens (tertiary/aromatic N) is 3. The van der Waals surface area contributed by atoms with Gasteiger partial charge in [-0.2, -0.15) is 0 Å². The molecule has 2 aliphatic carbocycles. The monoisotopic (exact) mass is 911 g/mol. The second-order valence-electron chi connectivity index (χ2n) is 23.7. The summed E-state index contributed by atoms with van der Waals surface area (Å²) in [6, 6.07) is 59.5. The Balaban J connectivity index is 1.16. The molecule has 346 valence electrons. The average Bonchev–Trinajstić information content (AvgIpc) is 3.80. The third-order valence-corrected chi connectivity index (χ3v) is 17.0. The maximum absolute atomic E-state index is 6.69. The van der Waals surface area contributed by atoms with Gasteiger partial charge in [0.15, 0.2) is 0 Å². The molecule has 0 radical (unpaired) electrons. The quantitative estimate of drug-likeness (QED) is 0.161. The molecular formula is C65H62BN3O. The molecule has 0 saturated heterocycles. The second-order valence-corrected chi connectivity index (χ2v) is 23.7. The van der Waals surface area contributed by atoms with Gasteiger partial charge in [-0.05, 0) is 183 Å². The van der Waals surface area contributed by atoms with Crippen molar-refractivity contribution in [2.45, 2.75) is 110 Å². The summed E-state index contributed by atoms with van der Waals surface area (Å²) in [7, 11) is 0. The first-order valence-corrected chi connectivity index (χ1v) is 25.5. The van der Waals surface area contributed by atoms with Gasteiger partial charge in [-0.1, -0.05) is 134 Å². The lowest BCUT2D eigenvalue weighted by atomic mass is 9.33. The third-order valence-electron chi connectivity index (χ3n) is 17.0. The summed E-state index contributed by atoms with van der Waals surface area (Å²) in [6.45, 7) is 24.3. The molecule has 4 nitrogen and oxygen atoms in total. The minimum atomic E-state index is -0.0319. The van der Waals surface area contributed by atoms with Crippen molar-refractivity contribution >= 4 is 96.2 Å². The number of hydrogen-bond acceptors (Lipinski definition) is 4. The van der Waals surface area contributed by atoms with Crippen LogP contribution in [0.1, 0.15) is 108 Å². The van der Waals surface area contributed by atoms with Gasteiger partial charge in [0.2, 0.25) is 0 Å². The minimum Gasteiger partial charge on any atom is -0.456 e. The van der Waals surface area contributed by atoms with Crippen LogP contribution in [0.5, 0.6) is 0 Å². The Morgan fingerprint density at radius 3 is 1.66 bits per heavy atom. The van der Waals surface area contributed by atoms with Gasteiger partial charge >= 0.3 is 0 Å². The molecule has 0 bridgehead atoms. The first-order valence-electron chi connectivity index (χ1n) is 25.5. The van der Waals surface area contributed by atoms with E-state index in [0.29, 0.717) is 0 Å². The number of para-hydroxylation sites is 3. The highest BCUT2D eigenvalue weighted by molar-refractivity contribution is 7.00. The van der Waals surface area contributed by atoms with E-state index in [1.807, 2.05) is 0 Å². The van der Waals surface area contributed by atoms with Crippen molar-refractivity contribution in [3.8, 4) is 0 Å². The molecule has 0 atom stereocenters. The van der Waals surface area contributed by atoms with Crippen molar-refractivity contribution in [1.29, 1.82) is 0 Å². The van der Waals surface area contributed by atoms with Gasteiger partial charge in [0, 0.05) is 50.9 Å². The normalized spacial score (nSPS) is 17.5. The summed E-state index contributed by atoms with van der Waals surface area (Å²) >= 11 is 0. The number of aryl methyl sites for hydroxylation is 2. The molecule has 3 heterocycles. The van der Waals surface area contributed by atoms with Gasteiger partial charge in [-0.3, -0.25) is 0 Å². The molecule has 0 saturated carbocycles. The topological polar surface area (TPSA) is 22.9 Å². The minimum absolute atomic E-state index is 0.0252. The molecule has 2 aliphatic heterocycles. The van der Waals surface area contributed by atoms with Crippen LogP contribution in [0.2, 0.25) is 0 Å². The molecular weight excluding hydrogens is 850 g/mol. The fraction of sp³-hybridized carbons (Fsp3) is 0.262. The fourth-order valence-electron chi connectivity index (χ4n) is 13.7. The van der Waals surface area contributed by atoms with Gasteiger partial charge < -0.3 is 19.1 Å². The number of rotatable bonds is 5. The Labute approximate surface area is 414 Å². The number of furan rings is 1. The van der Waals surface area contributed by atoms with Crippen molar-refractivity contribution < 1.29 is 4.42 Å². The Kier molecular flexibility index (Phi) is 9.09. The zero-order valence-corrected chi connectivity index (χ0v) is 42.5. The molecule has 9 aromatic rings.